The van der Waals surface area contributed by atoms with Gasteiger partial charge in [0.1, 0.15) is 6.04 Å². The number of hydrogen-bond acceptors (Lipinski definition) is 4. The minimum atomic E-state index is -1.02. The molecule has 1 saturated heterocycles. The molecule has 1 fully saturated rings. The maximum atomic E-state index is 12.1. The molecule has 3 N–H and O–H groups in total. The fraction of sp³-hybridized carbons (Fsp3) is 0.500. The normalized spacial score (nSPS) is 17.4. The van der Waals surface area contributed by atoms with Gasteiger partial charge in [0.2, 0.25) is 5.91 Å². The molecular weight excluding hydrogens is 258 g/mol. The molecular formula is C14H19N3O3. The summed E-state index contributed by atoms with van der Waals surface area (Å²) in [6, 6.07) is 2.66. The number of nitrogens with zero attached hydrogens (tertiary/aromatic N) is 1. The highest BCUT2D eigenvalue weighted by atomic mass is 16.4. The Morgan fingerprint density at radius 3 is 2.80 bits per heavy atom. The van der Waals surface area contributed by atoms with Crippen LogP contribution < -0.4 is 10.6 Å². The number of nitrogens with one attached hydrogen (secondary N) is 2. The average Bonchev–Trinajstić information content (AvgIpc) is 2.48. The highest BCUT2D eigenvalue weighted by molar-refractivity contribution is 5.85. The SMILES string of the molecule is O=C(NC(Cc1cccnc1)C(=O)O)C1CCNCC1. The molecule has 108 valence electrons. The third kappa shape index (κ3) is 4.03. The summed E-state index contributed by atoms with van der Waals surface area (Å²) in [4.78, 5) is 27.3. The van der Waals surface area contributed by atoms with Gasteiger partial charge in [-0.25, -0.2) is 4.79 Å². The van der Waals surface area contributed by atoms with E-state index in [1.165, 1.54) is 0 Å². The van der Waals surface area contributed by atoms with Gasteiger partial charge >= 0.3 is 5.97 Å². The summed E-state index contributed by atoms with van der Waals surface area (Å²) in [5, 5.41) is 15.1. The first-order valence-corrected chi connectivity index (χ1v) is 6.79. The van der Waals surface area contributed by atoms with Gasteiger partial charge in [-0.05, 0) is 37.6 Å². The van der Waals surface area contributed by atoms with Crippen molar-refractivity contribution in [3.63, 3.8) is 0 Å². The molecule has 0 aliphatic carbocycles. The minimum Gasteiger partial charge on any atom is -0.480 e. The fourth-order valence-corrected chi connectivity index (χ4v) is 2.33. The first-order valence-electron chi connectivity index (χ1n) is 6.79. The summed E-state index contributed by atoms with van der Waals surface area (Å²) < 4.78 is 0. The zero-order valence-electron chi connectivity index (χ0n) is 11.2. The molecule has 0 aromatic carbocycles. The molecule has 0 bridgehead atoms. The van der Waals surface area contributed by atoms with Crippen molar-refractivity contribution in [1.82, 2.24) is 15.6 Å². The Morgan fingerprint density at radius 2 is 2.20 bits per heavy atom. The molecule has 1 aromatic rings. The summed E-state index contributed by atoms with van der Waals surface area (Å²) in [6.07, 6.45) is 5.01. The van der Waals surface area contributed by atoms with E-state index in [0.29, 0.717) is 0 Å². The molecule has 20 heavy (non-hydrogen) atoms. The van der Waals surface area contributed by atoms with E-state index in [9.17, 15) is 14.7 Å². The van der Waals surface area contributed by atoms with Crippen molar-refractivity contribution in [3.05, 3.63) is 30.1 Å². The van der Waals surface area contributed by atoms with E-state index < -0.39 is 12.0 Å². The van der Waals surface area contributed by atoms with Gasteiger partial charge in [-0.2, -0.15) is 0 Å². The van der Waals surface area contributed by atoms with Crippen LogP contribution in [0, 0.1) is 5.92 Å². The van der Waals surface area contributed by atoms with Crippen LogP contribution in [0.15, 0.2) is 24.5 Å². The fourth-order valence-electron chi connectivity index (χ4n) is 2.33. The topological polar surface area (TPSA) is 91.3 Å². The standard InChI is InChI=1S/C14H19N3O3/c18-13(11-3-6-15-7-4-11)17-12(14(19)20)8-10-2-1-5-16-9-10/h1-2,5,9,11-12,15H,3-4,6-8H2,(H,17,18)(H,19,20). The second kappa shape index (κ2) is 7.00. The summed E-state index contributed by atoms with van der Waals surface area (Å²) in [5.41, 5.74) is 0.797. The van der Waals surface area contributed by atoms with Crippen molar-refractivity contribution < 1.29 is 14.7 Å². The molecule has 1 amide bonds. The number of aromatic nitrogens is 1. The number of amides is 1. The van der Waals surface area contributed by atoms with Crippen molar-refractivity contribution in [2.24, 2.45) is 5.92 Å². The lowest BCUT2D eigenvalue weighted by Gasteiger charge is -2.24. The zero-order valence-corrected chi connectivity index (χ0v) is 11.2. The van der Waals surface area contributed by atoms with Gasteiger partial charge in [0.25, 0.3) is 0 Å². The van der Waals surface area contributed by atoms with Gasteiger partial charge in [-0.3, -0.25) is 9.78 Å². The van der Waals surface area contributed by atoms with Crippen molar-refractivity contribution in [2.45, 2.75) is 25.3 Å². The van der Waals surface area contributed by atoms with Crippen molar-refractivity contribution in [3.8, 4) is 0 Å². The summed E-state index contributed by atoms with van der Waals surface area (Å²) in [6.45, 7) is 1.61. The lowest BCUT2D eigenvalue weighted by molar-refractivity contribution is -0.142. The summed E-state index contributed by atoms with van der Waals surface area (Å²) in [5.74, 6) is -1.27. The molecule has 6 heteroatoms. The lowest BCUT2D eigenvalue weighted by Crippen LogP contribution is -2.47. The predicted molar refractivity (Wildman–Crippen MR) is 73.1 cm³/mol. The number of carboxylic acids is 1. The van der Waals surface area contributed by atoms with Gasteiger partial charge in [-0.15, -0.1) is 0 Å². The van der Waals surface area contributed by atoms with Crippen LogP contribution >= 0.6 is 0 Å². The molecule has 1 aliphatic rings. The number of carbonyl (C=O) groups is 2. The van der Waals surface area contributed by atoms with Gasteiger partial charge in [0.15, 0.2) is 0 Å². The second-order valence-corrected chi connectivity index (χ2v) is 4.99. The molecule has 1 aliphatic heterocycles. The van der Waals surface area contributed by atoms with Crippen LogP contribution in [0.1, 0.15) is 18.4 Å². The molecule has 1 atom stereocenters. The second-order valence-electron chi connectivity index (χ2n) is 4.99. The Bertz CT molecular complexity index is 458. The van der Waals surface area contributed by atoms with Crippen molar-refractivity contribution >= 4 is 11.9 Å². The van der Waals surface area contributed by atoms with E-state index in [1.54, 1.807) is 24.5 Å². The van der Waals surface area contributed by atoms with E-state index in [-0.39, 0.29) is 18.2 Å². The van der Waals surface area contributed by atoms with E-state index in [4.69, 9.17) is 0 Å². The van der Waals surface area contributed by atoms with E-state index >= 15 is 0 Å². The Morgan fingerprint density at radius 1 is 1.45 bits per heavy atom. The molecule has 0 saturated carbocycles. The lowest BCUT2D eigenvalue weighted by atomic mass is 9.96. The Balaban J connectivity index is 1.95. The summed E-state index contributed by atoms with van der Waals surface area (Å²) in [7, 11) is 0. The largest absolute Gasteiger partial charge is 0.480 e. The third-order valence-electron chi connectivity index (χ3n) is 3.49. The van der Waals surface area contributed by atoms with Gasteiger partial charge in [0.05, 0.1) is 0 Å². The van der Waals surface area contributed by atoms with Gasteiger partial charge < -0.3 is 15.7 Å². The van der Waals surface area contributed by atoms with Gasteiger partial charge in [-0.1, -0.05) is 6.07 Å². The number of carboxylic acid groups (broad SMARTS) is 1. The molecule has 2 heterocycles. The Labute approximate surface area is 117 Å². The molecule has 1 aromatic heterocycles. The first-order chi connectivity index (χ1) is 9.66. The number of hydrogen-bond donors (Lipinski definition) is 3. The number of carbonyl (C=O) groups excluding carboxylic acids is 1. The zero-order chi connectivity index (χ0) is 14.4. The number of piperidine rings is 1. The average molecular weight is 277 g/mol. The maximum absolute atomic E-state index is 12.1. The Hall–Kier alpha value is -1.95. The molecule has 2 rings (SSSR count). The monoisotopic (exact) mass is 277 g/mol. The van der Waals surface area contributed by atoms with E-state index in [1.807, 2.05) is 0 Å². The van der Waals surface area contributed by atoms with E-state index in [2.05, 4.69) is 15.6 Å². The van der Waals surface area contributed by atoms with Crippen LogP contribution in [0.2, 0.25) is 0 Å². The highest BCUT2D eigenvalue weighted by Crippen LogP contribution is 2.12. The molecule has 1 unspecified atom stereocenters. The minimum absolute atomic E-state index is 0.0907. The van der Waals surface area contributed by atoms with Crippen LogP contribution in [0.5, 0.6) is 0 Å². The Kier molecular flexibility index (Phi) is 5.06. The maximum Gasteiger partial charge on any atom is 0.326 e. The predicted octanol–water partition coefficient (Wildman–Crippen LogP) is 0.193. The number of rotatable bonds is 5. The van der Waals surface area contributed by atoms with Crippen LogP contribution in [0.4, 0.5) is 0 Å². The summed E-state index contributed by atoms with van der Waals surface area (Å²) >= 11 is 0. The van der Waals surface area contributed by atoms with Crippen molar-refractivity contribution in [1.29, 1.82) is 0 Å². The van der Waals surface area contributed by atoms with Crippen LogP contribution in [-0.4, -0.2) is 41.1 Å². The first kappa shape index (κ1) is 14.5. The quantitative estimate of drug-likeness (QED) is 0.715. The highest BCUT2D eigenvalue weighted by Gasteiger charge is 2.26. The van der Waals surface area contributed by atoms with Crippen LogP contribution in [0.3, 0.4) is 0 Å². The number of aliphatic carboxylic acids is 1. The van der Waals surface area contributed by atoms with Crippen LogP contribution in [-0.2, 0) is 16.0 Å². The molecule has 6 nitrogen and oxygen atoms in total. The molecule has 0 radical (unpaired) electrons. The molecule has 0 spiro atoms. The smallest absolute Gasteiger partial charge is 0.326 e. The number of pyridine rings is 1. The van der Waals surface area contributed by atoms with Gasteiger partial charge in [0, 0.05) is 24.7 Å². The van der Waals surface area contributed by atoms with Crippen LogP contribution in [0.25, 0.3) is 0 Å². The van der Waals surface area contributed by atoms with Crippen molar-refractivity contribution in [2.75, 3.05) is 13.1 Å². The van der Waals surface area contributed by atoms with E-state index in [0.717, 1.165) is 31.5 Å². The third-order valence-corrected chi connectivity index (χ3v) is 3.49.